The summed E-state index contributed by atoms with van der Waals surface area (Å²) in [6.07, 6.45) is 3.35. The molecule has 0 rings (SSSR count). The maximum atomic E-state index is 11.2. The molecule has 0 amide bonds. The normalized spacial score (nSPS) is 12.8. The Morgan fingerprint density at radius 1 is 1.26 bits per heavy atom. The van der Waals surface area contributed by atoms with Crippen LogP contribution in [0, 0.1) is 0 Å². The van der Waals surface area contributed by atoms with Crippen LogP contribution in [0.5, 0.6) is 0 Å². The Bertz CT molecular complexity index is 369. The van der Waals surface area contributed by atoms with Gasteiger partial charge in [0.1, 0.15) is 0 Å². The van der Waals surface area contributed by atoms with E-state index in [1.54, 1.807) is 7.05 Å². The van der Waals surface area contributed by atoms with Crippen LogP contribution < -0.4 is 15.4 Å². The van der Waals surface area contributed by atoms with Gasteiger partial charge in [-0.15, -0.1) is 24.0 Å². The first kappa shape index (κ1) is 21.2. The number of hydrogen-bond donors (Lipinski definition) is 3. The number of halogens is 1. The van der Waals surface area contributed by atoms with Crippen LogP contribution in [0.4, 0.5) is 0 Å². The molecular formula is C11H27IN4O2S. The SMILES string of the molecule is CCCCNC(=NC)NCC(C)(C)NS(C)(=O)=O.I. The van der Waals surface area contributed by atoms with Crippen molar-refractivity contribution in [1.29, 1.82) is 0 Å². The van der Waals surface area contributed by atoms with Crippen molar-refractivity contribution in [3.8, 4) is 0 Å². The van der Waals surface area contributed by atoms with Gasteiger partial charge in [0.2, 0.25) is 10.0 Å². The summed E-state index contributed by atoms with van der Waals surface area (Å²) in [4.78, 5) is 4.08. The Hall–Kier alpha value is -0.0900. The van der Waals surface area contributed by atoms with Gasteiger partial charge >= 0.3 is 0 Å². The summed E-state index contributed by atoms with van der Waals surface area (Å²) in [5.74, 6) is 0.687. The van der Waals surface area contributed by atoms with Gasteiger partial charge < -0.3 is 10.6 Å². The van der Waals surface area contributed by atoms with E-state index in [-0.39, 0.29) is 24.0 Å². The minimum atomic E-state index is -3.21. The lowest BCUT2D eigenvalue weighted by Crippen LogP contribution is -2.53. The molecule has 0 saturated heterocycles. The van der Waals surface area contributed by atoms with E-state index in [4.69, 9.17) is 0 Å². The van der Waals surface area contributed by atoms with Crippen molar-refractivity contribution in [2.75, 3.05) is 26.4 Å². The maximum absolute atomic E-state index is 11.2. The Morgan fingerprint density at radius 3 is 2.26 bits per heavy atom. The monoisotopic (exact) mass is 406 g/mol. The van der Waals surface area contributed by atoms with Crippen molar-refractivity contribution in [1.82, 2.24) is 15.4 Å². The van der Waals surface area contributed by atoms with Crippen LogP contribution in [0.25, 0.3) is 0 Å². The molecule has 0 aromatic heterocycles. The maximum Gasteiger partial charge on any atom is 0.209 e. The smallest absolute Gasteiger partial charge is 0.209 e. The van der Waals surface area contributed by atoms with Crippen LogP contribution in [0.3, 0.4) is 0 Å². The largest absolute Gasteiger partial charge is 0.356 e. The lowest BCUT2D eigenvalue weighted by atomic mass is 10.1. The molecule has 0 unspecified atom stereocenters. The summed E-state index contributed by atoms with van der Waals surface area (Å²) in [6.45, 7) is 7.08. The van der Waals surface area contributed by atoms with Gasteiger partial charge in [0.15, 0.2) is 5.96 Å². The number of rotatable bonds is 7. The number of nitrogens with one attached hydrogen (secondary N) is 3. The highest BCUT2D eigenvalue weighted by Crippen LogP contribution is 2.01. The Kier molecular flexibility index (Phi) is 10.9. The van der Waals surface area contributed by atoms with E-state index in [0.717, 1.165) is 25.6 Å². The molecule has 0 radical (unpaired) electrons. The van der Waals surface area contributed by atoms with Crippen molar-refractivity contribution >= 4 is 40.0 Å². The number of guanidine groups is 1. The first-order chi connectivity index (χ1) is 8.20. The third-order valence-electron chi connectivity index (χ3n) is 2.21. The summed E-state index contributed by atoms with van der Waals surface area (Å²) >= 11 is 0. The summed E-state index contributed by atoms with van der Waals surface area (Å²) in [6, 6.07) is 0. The van der Waals surface area contributed by atoms with Gasteiger partial charge in [0.25, 0.3) is 0 Å². The van der Waals surface area contributed by atoms with Crippen molar-refractivity contribution in [2.45, 2.75) is 39.2 Å². The average molecular weight is 406 g/mol. The number of aliphatic imine (C=N–C) groups is 1. The second kappa shape index (κ2) is 9.76. The highest BCUT2D eigenvalue weighted by atomic mass is 127. The zero-order valence-corrected chi connectivity index (χ0v) is 15.6. The van der Waals surface area contributed by atoms with Gasteiger partial charge in [0.05, 0.1) is 6.26 Å². The fourth-order valence-corrected chi connectivity index (χ4v) is 2.52. The third kappa shape index (κ3) is 12.7. The first-order valence-corrected chi connectivity index (χ1v) is 8.03. The lowest BCUT2D eigenvalue weighted by molar-refractivity contribution is 0.446. The van der Waals surface area contributed by atoms with Crippen molar-refractivity contribution < 1.29 is 8.42 Å². The molecule has 0 aliphatic heterocycles. The predicted molar refractivity (Wildman–Crippen MR) is 91.7 cm³/mol. The Labute approximate surface area is 134 Å². The molecule has 0 bridgehead atoms. The van der Waals surface area contributed by atoms with Gasteiger partial charge in [-0.05, 0) is 20.3 Å². The molecule has 0 saturated carbocycles. The van der Waals surface area contributed by atoms with Crippen molar-refractivity contribution in [3.63, 3.8) is 0 Å². The summed E-state index contributed by atoms with van der Waals surface area (Å²) in [5, 5.41) is 6.27. The minimum absolute atomic E-state index is 0. The van der Waals surface area contributed by atoms with E-state index in [0.29, 0.717) is 12.5 Å². The summed E-state index contributed by atoms with van der Waals surface area (Å²) in [7, 11) is -1.51. The van der Waals surface area contributed by atoms with Gasteiger partial charge in [-0.2, -0.15) is 0 Å². The van der Waals surface area contributed by atoms with Crippen LogP contribution >= 0.6 is 24.0 Å². The van der Waals surface area contributed by atoms with E-state index in [9.17, 15) is 8.42 Å². The highest BCUT2D eigenvalue weighted by Gasteiger charge is 2.22. The zero-order chi connectivity index (χ0) is 14.2. The van der Waals surface area contributed by atoms with Gasteiger partial charge in [-0.25, -0.2) is 13.1 Å². The molecule has 0 aromatic rings. The molecule has 0 aliphatic rings. The Balaban J connectivity index is 0. The average Bonchev–Trinajstić information content (AvgIpc) is 2.19. The summed E-state index contributed by atoms with van der Waals surface area (Å²) in [5.41, 5.74) is -0.560. The van der Waals surface area contributed by atoms with E-state index in [1.165, 1.54) is 0 Å². The molecule has 0 aliphatic carbocycles. The fraction of sp³-hybridized carbons (Fsp3) is 0.909. The van der Waals surface area contributed by atoms with Gasteiger partial charge in [-0.3, -0.25) is 4.99 Å². The van der Waals surface area contributed by atoms with Gasteiger partial charge in [-0.1, -0.05) is 13.3 Å². The van der Waals surface area contributed by atoms with Crippen LogP contribution in [-0.2, 0) is 10.0 Å². The van der Waals surface area contributed by atoms with Crippen LogP contribution in [0.2, 0.25) is 0 Å². The lowest BCUT2D eigenvalue weighted by Gasteiger charge is -2.26. The number of unbranched alkanes of at least 4 members (excludes halogenated alkanes) is 1. The van der Waals surface area contributed by atoms with Gasteiger partial charge in [0, 0.05) is 25.7 Å². The van der Waals surface area contributed by atoms with Crippen molar-refractivity contribution in [2.24, 2.45) is 4.99 Å². The zero-order valence-electron chi connectivity index (χ0n) is 12.4. The molecule has 0 fully saturated rings. The second-order valence-electron chi connectivity index (χ2n) is 4.96. The van der Waals surface area contributed by atoms with Crippen LogP contribution in [-0.4, -0.2) is 46.3 Å². The van der Waals surface area contributed by atoms with E-state index in [2.05, 4.69) is 27.3 Å². The molecule has 0 atom stereocenters. The molecule has 8 heteroatoms. The van der Waals surface area contributed by atoms with Crippen molar-refractivity contribution in [3.05, 3.63) is 0 Å². The first-order valence-electron chi connectivity index (χ1n) is 6.13. The second-order valence-corrected chi connectivity index (χ2v) is 6.71. The number of sulfonamides is 1. The molecular weight excluding hydrogens is 379 g/mol. The third-order valence-corrected chi connectivity index (χ3v) is 3.13. The molecule has 0 spiro atoms. The fourth-order valence-electron chi connectivity index (χ4n) is 1.45. The Morgan fingerprint density at radius 2 is 1.84 bits per heavy atom. The molecule has 0 aromatic carbocycles. The predicted octanol–water partition coefficient (Wildman–Crippen LogP) is 0.897. The molecule has 0 heterocycles. The molecule has 6 nitrogen and oxygen atoms in total. The minimum Gasteiger partial charge on any atom is -0.356 e. The standard InChI is InChI=1S/C11H26N4O2S.HI/c1-6-7-8-13-10(12-4)14-9-11(2,3)15-18(5,16)17;/h15H,6-9H2,1-5H3,(H2,12,13,14);1H. The quantitative estimate of drug-likeness (QED) is 0.254. The van der Waals surface area contributed by atoms with E-state index >= 15 is 0 Å². The van der Waals surface area contributed by atoms with Crippen LogP contribution in [0.1, 0.15) is 33.6 Å². The van der Waals surface area contributed by atoms with E-state index in [1.807, 2.05) is 13.8 Å². The van der Waals surface area contributed by atoms with Crippen LogP contribution in [0.15, 0.2) is 4.99 Å². The topological polar surface area (TPSA) is 82.6 Å². The number of nitrogens with zero attached hydrogens (tertiary/aromatic N) is 1. The van der Waals surface area contributed by atoms with E-state index < -0.39 is 15.6 Å². The highest BCUT2D eigenvalue weighted by molar-refractivity contribution is 14.0. The molecule has 19 heavy (non-hydrogen) atoms. The summed E-state index contributed by atoms with van der Waals surface area (Å²) < 4.78 is 24.9. The molecule has 116 valence electrons. The number of hydrogen-bond acceptors (Lipinski definition) is 3. The molecule has 3 N–H and O–H groups in total.